The molecule has 1 N–H and O–H groups in total. The molecule has 0 aliphatic carbocycles. The second-order valence-corrected chi connectivity index (χ2v) is 5.68. The van der Waals surface area contributed by atoms with Crippen LogP contribution in [-0.2, 0) is 9.53 Å². The van der Waals surface area contributed by atoms with Crippen molar-refractivity contribution in [3.63, 3.8) is 0 Å². The van der Waals surface area contributed by atoms with Gasteiger partial charge in [0.2, 0.25) is 5.91 Å². The summed E-state index contributed by atoms with van der Waals surface area (Å²) in [7, 11) is 1.34. The van der Waals surface area contributed by atoms with E-state index in [1.807, 2.05) is 24.3 Å². The van der Waals surface area contributed by atoms with Crippen LogP contribution in [0, 0.1) is 0 Å². The Morgan fingerprint density at radius 1 is 1.16 bits per heavy atom. The molecule has 0 spiro atoms. The van der Waals surface area contributed by atoms with E-state index in [2.05, 4.69) is 10.1 Å². The summed E-state index contributed by atoms with van der Waals surface area (Å²) in [5.74, 6) is 0.270. The molecular formula is C20H19NO4. The molecule has 1 aliphatic heterocycles. The van der Waals surface area contributed by atoms with Crippen molar-refractivity contribution in [1.82, 2.24) is 5.32 Å². The van der Waals surface area contributed by atoms with Crippen molar-refractivity contribution in [2.75, 3.05) is 13.7 Å². The highest BCUT2D eigenvalue weighted by Crippen LogP contribution is 2.31. The summed E-state index contributed by atoms with van der Waals surface area (Å²) in [5, 5.41) is 3.00. The van der Waals surface area contributed by atoms with Gasteiger partial charge in [0.25, 0.3) is 0 Å². The first-order chi connectivity index (χ1) is 12.2. The summed E-state index contributed by atoms with van der Waals surface area (Å²) in [6, 6.07) is 14.5. The standard InChI is InChI=1S/C20H19NO4/c1-24-20(23)15-9-6-14(7-10-15)8-11-19(22)21-17-12-13-25-18-5-3-2-4-16(17)18/h2-11,17H,12-13H2,1H3,(H,21,22)/b11-8+. The summed E-state index contributed by atoms with van der Waals surface area (Å²) in [5.41, 5.74) is 2.30. The lowest BCUT2D eigenvalue weighted by Gasteiger charge is -2.26. The SMILES string of the molecule is COC(=O)c1ccc(/C=C/C(=O)NC2CCOc3ccccc32)cc1. The fourth-order valence-electron chi connectivity index (χ4n) is 2.73. The van der Waals surface area contributed by atoms with Gasteiger partial charge in [-0.15, -0.1) is 0 Å². The zero-order valence-corrected chi connectivity index (χ0v) is 13.9. The van der Waals surface area contributed by atoms with Crippen LogP contribution in [0.5, 0.6) is 5.75 Å². The molecule has 1 heterocycles. The first kappa shape index (κ1) is 16.8. The maximum absolute atomic E-state index is 12.2. The Labute approximate surface area is 146 Å². The summed E-state index contributed by atoms with van der Waals surface area (Å²) in [6.07, 6.45) is 3.94. The second kappa shape index (κ2) is 7.66. The number of fused-ring (bicyclic) bond motifs is 1. The number of benzene rings is 2. The lowest BCUT2D eigenvalue weighted by molar-refractivity contribution is -0.117. The monoisotopic (exact) mass is 337 g/mol. The highest BCUT2D eigenvalue weighted by atomic mass is 16.5. The average Bonchev–Trinajstić information content (AvgIpc) is 2.66. The number of hydrogen-bond acceptors (Lipinski definition) is 4. The number of nitrogens with one attached hydrogen (secondary N) is 1. The largest absolute Gasteiger partial charge is 0.493 e. The van der Waals surface area contributed by atoms with E-state index < -0.39 is 0 Å². The van der Waals surface area contributed by atoms with E-state index in [9.17, 15) is 9.59 Å². The van der Waals surface area contributed by atoms with E-state index in [1.54, 1.807) is 30.3 Å². The van der Waals surface area contributed by atoms with Crippen LogP contribution in [0.15, 0.2) is 54.6 Å². The summed E-state index contributed by atoms with van der Waals surface area (Å²) >= 11 is 0. The van der Waals surface area contributed by atoms with E-state index in [1.165, 1.54) is 13.2 Å². The van der Waals surface area contributed by atoms with Gasteiger partial charge in [0.1, 0.15) is 5.75 Å². The molecule has 1 amide bonds. The summed E-state index contributed by atoms with van der Waals surface area (Å²) < 4.78 is 10.3. The van der Waals surface area contributed by atoms with Crippen molar-refractivity contribution in [2.45, 2.75) is 12.5 Å². The van der Waals surface area contributed by atoms with E-state index >= 15 is 0 Å². The molecule has 0 radical (unpaired) electrons. The number of carbonyl (C=O) groups excluding carboxylic acids is 2. The van der Waals surface area contributed by atoms with E-state index in [0.29, 0.717) is 12.2 Å². The van der Waals surface area contributed by atoms with Gasteiger partial charge < -0.3 is 14.8 Å². The van der Waals surface area contributed by atoms with Crippen LogP contribution < -0.4 is 10.1 Å². The van der Waals surface area contributed by atoms with E-state index in [4.69, 9.17) is 4.74 Å². The molecule has 25 heavy (non-hydrogen) atoms. The van der Waals surface area contributed by atoms with Gasteiger partial charge in [-0.3, -0.25) is 4.79 Å². The van der Waals surface area contributed by atoms with Gasteiger partial charge in [-0.2, -0.15) is 0 Å². The number of methoxy groups -OCH3 is 1. The van der Waals surface area contributed by atoms with Crippen LogP contribution in [0.2, 0.25) is 0 Å². The maximum Gasteiger partial charge on any atom is 0.337 e. The number of esters is 1. The Balaban J connectivity index is 1.63. The van der Waals surface area contributed by atoms with Crippen LogP contribution >= 0.6 is 0 Å². The lowest BCUT2D eigenvalue weighted by Crippen LogP contribution is -2.30. The first-order valence-electron chi connectivity index (χ1n) is 8.06. The Bertz CT molecular complexity index is 796. The van der Waals surface area contributed by atoms with Crippen molar-refractivity contribution in [1.29, 1.82) is 0 Å². The van der Waals surface area contributed by atoms with Crippen molar-refractivity contribution in [3.05, 3.63) is 71.3 Å². The molecule has 2 aromatic carbocycles. The van der Waals surface area contributed by atoms with Crippen LogP contribution in [0.25, 0.3) is 6.08 Å². The minimum atomic E-state index is -0.383. The molecule has 3 rings (SSSR count). The van der Waals surface area contributed by atoms with Crippen LogP contribution in [0.4, 0.5) is 0 Å². The van der Waals surface area contributed by atoms with Crippen LogP contribution in [0.3, 0.4) is 0 Å². The van der Waals surface area contributed by atoms with E-state index in [0.717, 1.165) is 23.3 Å². The predicted molar refractivity (Wildman–Crippen MR) is 94.3 cm³/mol. The van der Waals surface area contributed by atoms with Gasteiger partial charge in [0, 0.05) is 18.1 Å². The third kappa shape index (κ3) is 4.07. The fourth-order valence-corrected chi connectivity index (χ4v) is 2.73. The third-order valence-electron chi connectivity index (χ3n) is 4.03. The number of amides is 1. The Morgan fingerprint density at radius 3 is 2.68 bits per heavy atom. The molecule has 5 nitrogen and oxygen atoms in total. The summed E-state index contributed by atoms with van der Waals surface area (Å²) in [4.78, 5) is 23.6. The molecule has 1 unspecified atom stereocenters. The number of rotatable bonds is 4. The minimum absolute atomic E-state index is 0.0520. The Morgan fingerprint density at radius 2 is 1.92 bits per heavy atom. The molecule has 0 bridgehead atoms. The average molecular weight is 337 g/mol. The number of carbonyl (C=O) groups is 2. The van der Waals surface area contributed by atoms with Crippen molar-refractivity contribution < 1.29 is 19.1 Å². The van der Waals surface area contributed by atoms with Crippen molar-refractivity contribution in [2.24, 2.45) is 0 Å². The highest BCUT2D eigenvalue weighted by molar-refractivity contribution is 5.92. The predicted octanol–water partition coefficient (Wildman–Crippen LogP) is 3.13. The topological polar surface area (TPSA) is 64.6 Å². The zero-order chi connectivity index (χ0) is 17.6. The molecule has 0 saturated heterocycles. The molecule has 2 aromatic rings. The van der Waals surface area contributed by atoms with Crippen molar-refractivity contribution >= 4 is 18.0 Å². The Hall–Kier alpha value is -3.08. The van der Waals surface area contributed by atoms with Gasteiger partial charge in [0.05, 0.1) is 25.3 Å². The lowest BCUT2D eigenvalue weighted by atomic mass is 10.0. The molecule has 128 valence electrons. The second-order valence-electron chi connectivity index (χ2n) is 5.68. The van der Waals surface area contributed by atoms with Gasteiger partial charge >= 0.3 is 5.97 Å². The van der Waals surface area contributed by atoms with Crippen LogP contribution in [0.1, 0.15) is 33.9 Å². The number of hydrogen-bond donors (Lipinski definition) is 1. The molecule has 5 heteroatoms. The normalized spacial score (nSPS) is 16.0. The fraction of sp³-hybridized carbons (Fsp3) is 0.200. The molecular weight excluding hydrogens is 318 g/mol. The third-order valence-corrected chi connectivity index (χ3v) is 4.03. The minimum Gasteiger partial charge on any atom is -0.493 e. The smallest absolute Gasteiger partial charge is 0.337 e. The van der Waals surface area contributed by atoms with Crippen LogP contribution in [-0.4, -0.2) is 25.6 Å². The zero-order valence-electron chi connectivity index (χ0n) is 13.9. The molecule has 0 aromatic heterocycles. The molecule has 1 aliphatic rings. The number of ether oxygens (including phenoxy) is 2. The van der Waals surface area contributed by atoms with Gasteiger partial charge in [-0.1, -0.05) is 30.3 Å². The summed E-state index contributed by atoms with van der Waals surface area (Å²) in [6.45, 7) is 0.584. The molecule has 0 saturated carbocycles. The highest BCUT2D eigenvalue weighted by Gasteiger charge is 2.21. The Kier molecular flexibility index (Phi) is 5.14. The van der Waals surface area contributed by atoms with Gasteiger partial charge in [-0.05, 0) is 29.8 Å². The number of para-hydroxylation sites is 1. The molecule has 1 atom stereocenters. The quantitative estimate of drug-likeness (QED) is 0.688. The first-order valence-corrected chi connectivity index (χ1v) is 8.06. The van der Waals surface area contributed by atoms with Crippen molar-refractivity contribution in [3.8, 4) is 5.75 Å². The maximum atomic E-state index is 12.2. The molecule has 0 fully saturated rings. The van der Waals surface area contributed by atoms with Gasteiger partial charge in [0.15, 0.2) is 0 Å². The van der Waals surface area contributed by atoms with Gasteiger partial charge in [-0.25, -0.2) is 4.79 Å². The van der Waals surface area contributed by atoms with E-state index in [-0.39, 0.29) is 17.9 Å².